The molecule has 0 saturated heterocycles. The molecule has 1 aromatic heterocycles. The number of nitrogens with one attached hydrogen (secondary N) is 2. The number of halogens is 1. The van der Waals surface area contributed by atoms with Crippen molar-refractivity contribution < 1.29 is 9.59 Å². The maximum atomic E-state index is 12.8. The van der Waals surface area contributed by atoms with Crippen molar-refractivity contribution in [3.05, 3.63) is 64.3 Å². The van der Waals surface area contributed by atoms with Gasteiger partial charge in [-0.3, -0.25) is 14.6 Å². The summed E-state index contributed by atoms with van der Waals surface area (Å²) in [7, 11) is 0. The van der Waals surface area contributed by atoms with E-state index in [9.17, 15) is 9.59 Å². The van der Waals surface area contributed by atoms with Crippen LogP contribution in [0.5, 0.6) is 0 Å². The number of nitrogens with zero attached hydrogens (tertiary/aromatic N) is 1. The average Bonchev–Trinajstić information content (AvgIpc) is 2.57. The van der Waals surface area contributed by atoms with Crippen molar-refractivity contribution in [1.29, 1.82) is 0 Å². The summed E-state index contributed by atoms with van der Waals surface area (Å²) in [6.07, 6.45) is 0. The monoisotopic (exact) mass is 367 g/mol. The number of aromatic nitrogens is 1. The van der Waals surface area contributed by atoms with Gasteiger partial charge in [0.05, 0.1) is 27.5 Å². The minimum absolute atomic E-state index is 0.199. The smallest absolute Gasteiger partial charge is 0.257 e. The zero-order valence-electron chi connectivity index (χ0n) is 14.7. The lowest BCUT2D eigenvalue weighted by Crippen LogP contribution is -2.15. The molecule has 0 bridgehead atoms. The number of amides is 2. The molecule has 0 aliphatic heterocycles. The number of aryl methyl sites for hydroxylation is 2. The first-order valence-corrected chi connectivity index (χ1v) is 8.48. The lowest BCUT2D eigenvalue weighted by Gasteiger charge is -2.12. The van der Waals surface area contributed by atoms with Gasteiger partial charge in [0.2, 0.25) is 5.91 Å². The molecule has 0 aliphatic rings. The third-order valence-electron chi connectivity index (χ3n) is 3.94. The van der Waals surface area contributed by atoms with Gasteiger partial charge < -0.3 is 10.6 Å². The molecule has 3 rings (SSSR count). The standard InChI is InChI=1S/C20H18ClN3O2/c1-11-4-7-18-14(8-11)9-16(12(2)22-18)20(26)24-19-10-15(23-13(3)25)5-6-17(19)21/h4-10H,1-3H3,(H,23,25)(H,24,26). The Labute approximate surface area is 156 Å². The quantitative estimate of drug-likeness (QED) is 0.703. The fourth-order valence-electron chi connectivity index (χ4n) is 2.71. The molecular formula is C20H18ClN3O2. The molecule has 0 saturated carbocycles. The lowest BCUT2D eigenvalue weighted by molar-refractivity contribution is -0.114. The Morgan fingerprint density at radius 3 is 2.50 bits per heavy atom. The van der Waals surface area contributed by atoms with Crippen molar-refractivity contribution in [2.75, 3.05) is 10.6 Å². The third-order valence-corrected chi connectivity index (χ3v) is 4.27. The summed E-state index contributed by atoms with van der Waals surface area (Å²) < 4.78 is 0. The number of carbonyl (C=O) groups excluding carboxylic acids is 2. The summed E-state index contributed by atoms with van der Waals surface area (Å²) in [5.74, 6) is -0.505. The Bertz CT molecular complexity index is 1030. The van der Waals surface area contributed by atoms with Crippen LogP contribution in [0.3, 0.4) is 0 Å². The van der Waals surface area contributed by atoms with Crippen LogP contribution in [0, 0.1) is 13.8 Å². The highest BCUT2D eigenvalue weighted by molar-refractivity contribution is 6.34. The van der Waals surface area contributed by atoms with Gasteiger partial charge in [0.25, 0.3) is 5.91 Å². The number of fused-ring (bicyclic) bond motifs is 1. The van der Waals surface area contributed by atoms with Gasteiger partial charge in [-0.25, -0.2) is 0 Å². The molecule has 2 amide bonds. The molecule has 0 atom stereocenters. The van der Waals surface area contributed by atoms with Gasteiger partial charge >= 0.3 is 0 Å². The highest BCUT2D eigenvalue weighted by Crippen LogP contribution is 2.27. The van der Waals surface area contributed by atoms with E-state index in [0.717, 1.165) is 16.5 Å². The molecule has 2 aromatic carbocycles. The first-order chi connectivity index (χ1) is 12.3. The van der Waals surface area contributed by atoms with Gasteiger partial charge in [0, 0.05) is 18.0 Å². The Morgan fingerprint density at radius 2 is 1.77 bits per heavy atom. The summed E-state index contributed by atoms with van der Waals surface area (Å²) in [5.41, 5.74) is 4.03. The van der Waals surface area contributed by atoms with E-state index in [1.54, 1.807) is 25.1 Å². The molecule has 26 heavy (non-hydrogen) atoms. The molecule has 0 fully saturated rings. The van der Waals surface area contributed by atoms with Crippen molar-refractivity contribution in [2.24, 2.45) is 0 Å². The van der Waals surface area contributed by atoms with Crippen molar-refractivity contribution in [3.63, 3.8) is 0 Å². The van der Waals surface area contributed by atoms with Crippen LogP contribution in [0.4, 0.5) is 11.4 Å². The summed E-state index contributed by atoms with van der Waals surface area (Å²) in [6.45, 7) is 5.20. The van der Waals surface area contributed by atoms with E-state index in [4.69, 9.17) is 11.6 Å². The van der Waals surface area contributed by atoms with Crippen LogP contribution < -0.4 is 10.6 Å². The summed E-state index contributed by atoms with van der Waals surface area (Å²) >= 11 is 6.18. The van der Waals surface area contributed by atoms with Crippen LogP contribution in [0.25, 0.3) is 10.9 Å². The molecule has 132 valence electrons. The number of anilines is 2. The Morgan fingerprint density at radius 1 is 1.00 bits per heavy atom. The third kappa shape index (κ3) is 3.83. The second kappa shape index (κ2) is 7.14. The first-order valence-electron chi connectivity index (χ1n) is 8.10. The normalized spacial score (nSPS) is 10.6. The van der Waals surface area contributed by atoms with Crippen molar-refractivity contribution in [2.45, 2.75) is 20.8 Å². The molecule has 0 unspecified atom stereocenters. The van der Waals surface area contributed by atoms with Gasteiger partial charge in [-0.1, -0.05) is 23.2 Å². The average molecular weight is 368 g/mol. The van der Waals surface area contributed by atoms with Gasteiger partial charge in [-0.05, 0) is 50.2 Å². The second-order valence-corrected chi connectivity index (χ2v) is 6.55. The lowest BCUT2D eigenvalue weighted by atomic mass is 10.1. The summed E-state index contributed by atoms with van der Waals surface area (Å²) in [6, 6.07) is 12.7. The molecule has 0 spiro atoms. The highest BCUT2D eigenvalue weighted by Gasteiger charge is 2.14. The van der Waals surface area contributed by atoms with Crippen molar-refractivity contribution in [1.82, 2.24) is 4.98 Å². The van der Waals surface area contributed by atoms with Crippen LogP contribution in [0.2, 0.25) is 5.02 Å². The molecule has 0 radical (unpaired) electrons. The number of hydrogen-bond acceptors (Lipinski definition) is 3. The Balaban J connectivity index is 1.94. The van der Waals surface area contributed by atoms with E-state index < -0.39 is 0 Å². The van der Waals surface area contributed by atoms with E-state index in [1.165, 1.54) is 6.92 Å². The van der Waals surface area contributed by atoms with Crippen LogP contribution in [-0.2, 0) is 4.79 Å². The maximum absolute atomic E-state index is 12.8. The fraction of sp³-hybridized carbons (Fsp3) is 0.150. The number of benzene rings is 2. The molecule has 1 heterocycles. The molecule has 6 heteroatoms. The van der Waals surface area contributed by atoms with Crippen LogP contribution in [0.1, 0.15) is 28.5 Å². The molecule has 3 aromatic rings. The fourth-order valence-corrected chi connectivity index (χ4v) is 2.88. The van der Waals surface area contributed by atoms with Gasteiger partial charge in [0.15, 0.2) is 0 Å². The van der Waals surface area contributed by atoms with E-state index in [-0.39, 0.29) is 11.8 Å². The molecule has 0 aliphatic carbocycles. The predicted octanol–water partition coefficient (Wildman–Crippen LogP) is 4.72. The highest BCUT2D eigenvalue weighted by atomic mass is 35.5. The van der Waals surface area contributed by atoms with E-state index in [2.05, 4.69) is 15.6 Å². The summed E-state index contributed by atoms with van der Waals surface area (Å²) in [4.78, 5) is 28.5. The van der Waals surface area contributed by atoms with E-state index in [0.29, 0.717) is 27.7 Å². The topological polar surface area (TPSA) is 71.1 Å². The van der Waals surface area contributed by atoms with Gasteiger partial charge in [0.1, 0.15) is 0 Å². The number of rotatable bonds is 3. The molecular weight excluding hydrogens is 350 g/mol. The van der Waals surface area contributed by atoms with E-state index >= 15 is 0 Å². The first kappa shape index (κ1) is 17.9. The van der Waals surface area contributed by atoms with Crippen molar-refractivity contribution in [3.8, 4) is 0 Å². The number of carbonyl (C=O) groups is 2. The largest absolute Gasteiger partial charge is 0.326 e. The van der Waals surface area contributed by atoms with Crippen LogP contribution in [-0.4, -0.2) is 16.8 Å². The predicted molar refractivity (Wildman–Crippen MR) is 105 cm³/mol. The minimum Gasteiger partial charge on any atom is -0.326 e. The molecule has 2 N–H and O–H groups in total. The minimum atomic E-state index is -0.305. The SMILES string of the molecule is CC(=O)Nc1ccc(Cl)c(NC(=O)c2cc3cc(C)ccc3nc2C)c1. The maximum Gasteiger partial charge on any atom is 0.257 e. The zero-order valence-corrected chi connectivity index (χ0v) is 15.4. The van der Waals surface area contributed by atoms with E-state index in [1.807, 2.05) is 31.2 Å². The van der Waals surface area contributed by atoms with Gasteiger partial charge in [-0.15, -0.1) is 0 Å². The summed E-state index contributed by atoms with van der Waals surface area (Å²) in [5, 5.41) is 6.75. The van der Waals surface area contributed by atoms with Crippen LogP contribution in [0.15, 0.2) is 42.5 Å². The number of pyridine rings is 1. The van der Waals surface area contributed by atoms with Gasteiger partial charge in [-0.2, -0.15) is 0 Å². The second-order valence-electron chi connectivity index (χ2n) is 6.15. The number of hydrogen-bond donors (Lipinski definition) is 2. The molecule has 5 nitrogen and oxygen atoms in total. The Hall–Kier alpha value is -2.92. The zero-order chi connectivity index (χ0) is 18.8. The Kier molecular flexibility index (Phi) is 4.91. The van der Waals surface area contributed by atoms with Crippen LogP contribution >= 0.6 is 11.6 Å². The van der Waals surface area contributed by atoms with Crippen molar-refractivity contribution >= 4 is 45.7 Å².